The van der Waals surface area contributed by atoms with E-state index in [-0.39, 0.29) is 6.04 Å². The number of nitrogens with two attached hydrogens (primary N) is 1. The molecular formula is C14H20BrNOS. The lowest BCUT2D eigenvalue weighted by atomic mass is 10.1. The normalized spacial score (nSPS) is 21.1. The zero-order chi connectivity index (χ0) is 12.8. The fourth-order valence-electron chi connectivity index (χ4n) is 2.11. The summed E-state index contributed by atoms with van der Waals surface area (Å²) in [6.45, 7) is 0.936. The van der Waals surface area contributed by atoms with Gasteiger partial charge in [-0.05, 0) is 53.7 Å². The molecule has 2 unspecified atom stereocenters. The summed E-state index contributed by atoms with van der Waals surface area (Å²) in [7, 11) is 0. The third-order valence-corrected chi connectivity index (χ3v) is 5.39. The van der Waals surface area contributed by atoms with Crippen molar-refractivity contribution in [1.82, 2.24) is 0 Å². The lowest BCUT2D eigenvalue weighted by Gasteiger charge is -2.14. The SMILES string of the molecule is NC(CCC1CCCO1)CSc1ccccc1Br. The van der Waals surface area contributed by atoms with Gasteiger partial charge in [0, 0.05) is 27.8 Å². The monoisotopic (exact) mass is 329 g/mol. The van der Waals surface area contributed by atoms with Gasteiger partial charge in [-0.2, -0.15) is 0 Å². The van der Waals surface area contributed by atoms with Crippen LogP contribution in [0.4, 0.5) is 0 Å². The number of rotatable bonds is 6. The first-order valence-corrected chi connectivity index (χ1v) is 8.28. The third kappa shape index (κ3) is 4.57. The van der Waals surface area contributed by atoms with Gasteiger partial charge in [-0.1, -0.05) is 12.1 Å². The Balaban J connectivity index is 1.68. The molecule has 0 aliphatic carbocycles. The molecular weight excluding hydrogens is 310 g/mol. The molecule has 0 bridgehead atoms. The van der Waals surface area contributed by atoms with Crippen LogP contribution in [0.25, 0.3) is 0 Å². The van der Waals surface area contributed by atoms with Gasteiger partial charge in [0.15, 0.2) is 0 Å². The number of benzene rings is 1. The van der Waals surface area contributed by atoms with Crippen molar-refractivity contribution in [2.75, 3.05) is 12.4 Å². The predicted molar refractivity (Wildman–Crippen MR) is 81.0 cm³/mol. The van der Waals surface area contributed by atoms with Crippen molar-refractivity contribution >= 4 is 27.7 Å². The first-order valence-electron chi connectivity index (χ1n) is 6.50. The van der Waals surface area contributed by atoms with E-state index in [4.69, 9.17) is 10.5 Å². The maximum atomic E-state index is 6.16. The lowest BCUT2D eigenvalue weighted by Crippen LogP contribution is -2.24. The van der Waals surface area contributed by atoms with E-state index in [2.05, 4.69) is 34.1 Å². The van der Waals surface area contributed by atoms with E-state index in [1.807, 2.05) is 17.8 Å². The molecule has 0 amide bonds. The second-order valence-corrected chi connectivity index (χ2v) is 6.63. The minimum Gasteiger partial charge on any atom is -0.378 e. The Labute approximate surface area is 122 Å². The second kappa shape index (κ2) is 7.53. The summed E-state index contributed by atoms with van der Waals surface area (Å²) in [6.07, 6.45) is 5.06. The van der Waals surface area contributed by atoms with Gasteiger partial charge in [0.2, 0.25) is 0 Å². The van der Waals surface area contributed by atoms with E-state index in [1.165, 1.54) is 17.7 Å². The topological polar surface area (TPSA) is 35.2 Å². The van der Waals surface area contributed by atoms with Gasteiger partial charge in [-0.25, -0.2) is 0 Å². The van der Waals surface area contributed by atoms with Crippen LogP contribution < -0.4 is 5.73 Å². The van der Waals surface area contributed by atoms with Crippen molar-refractivity contribution in [3.63, 3.8) is 0 Å². The van der Waals surface area contributed by atoms with Gasteiger partial charge in [0.05, 0.1) is 6.10 Å². The van der Waals surface area contributed by atoms with Gasteiger partial charge >= 0.3 is 0 Å². The molecule has 1 aromatic carbocycles. The molecule has 2 nitrogen and oxygen atoms in total. The van der Waals surface area contributed by atoms with E-state index in [0.29, 0.717) is 6.10 Å². The molecule has 2 N–H and O–H groups in total. The molecule has 2 rings (SSSR count). The fraction of sp³-hybridized carbons (Fsp3) is 0.571. The molecule has 0 spiro atoms. The summed E-state index contributed by atoms with van der Waals surface area (Å²) < 4.78 is 6.77. The van der Waals surface area contributed by atoms with Crippen molar-refractivity contribution in [3.8, 4) is 0 Å². The highest BCUT2D eigenvalue weighted by molar-refractivity contribution is 9.10. The number of hydrogen-bond donors (Lipinski definition) is 1. The summed E-state index contributed by atoms with van der Waals surface area (Å²) in [5.74, 6) is 0.968. The van der Waals surface area contributed by atoms with Crippen LogP contribution in [0.2, 0.25) is 0 Å². The zero-order valence-corrected chi connectivity index (χ0v) is 12.9. The highest BCUT2D eigenvalue weighted by Gasteiger charge is 2.16. The van der Waals surface area contributed by atoms with Crippen molar-refractivity contribution < 1.29 is 4.74 Å². The summed E-state index contributed by atoms with van der Waals surface area (Å²) in [5.41, 5.74) is 6.16. The Bertz CT molecular complexity index is 369. The van der Waals surface area contributed by atoms with Crippen LogP contribution >= 0.6 is 27.7 Å². The molecule has 0 saturated carbocycles. The molecule has 1 fully saturated rings. The van der Waals surface area contributed by atoms with E-state index in [1.54, 1.807) is 0 Å². The minimum absolute atomic E-state index is 0.256. The van der Waals surface area contributed by atoms with Crippen LogP contribution in [0, 0.1) is 0 Å². The molecule has 0 radical (unpaired) electrons. The van der Waals surface area contributed by atoms with Crippen LogP contribution in [-0.2, 0) is 4.74 Å². The van der Waals surface area contributed by atoms with Crippen LogP contribution in [-0.4, -0.2) is 24.5 Å². The Hall–Kier alpha value is -0.0300. The van der Waals surface area contributed by atoms with Gasteiger partial charge in [0.25, 0.3) is 0 Å². The van der Waals surface area contributed by atoms with Gasteiger partial charge in [-0.15, -0.1) is 11.8 Å². The van der Waals surface area contributed by atoms with Crippen molar-refractivity contribution in [2.24, 2.45) is 5.73 Å². The molecule has 1 heterocycles. The Morgan fingerprint density at radius 1 is 1.44 bits per heavy atom. The number of halogens is 1. The molecule has 18 heavy (non-hydrogen) atoms. The zero-order valence-electron chi connectivity index (χ0n) is 10.5. The Kier molecular flexibility index (Phi) is 6.02. The van der Waals surface area contributed by atoms with Gasteiger partial charge < -0.3 is 10.5 Å². The molecule has 1 saturated heterocycles. The van der Waals surface area contributed by atoms with Crippen molar-refractivity contribution in [2.45, 2.75) is 42.7 Å². The molecule has 0 aromatic heterocycles. The number of thioether (sulfide) groups is 1. The molecule has 2 atom stereocenters. The van der Waals surface area contributed by atoms with Crippen molar-refractivity contribution in [1.29, 1.82) is 0 Å². The largest absolute Gasteiger partial charge is 0.378 e. The average molecular weight is 330 g/mol. The summed E-state index contributed by atoms with van der Waals surface area (Å²) in [5, 5.41) is 0. The molecule has 1 aliphatic rings. The highest BCUT2D eigenvalue weighted by Crippen LogP contribution is 2.28. The van der Waals surface area contributed by atoms with Crippen LogP contribution in [0.15, 0.2) is 33.6 Å². The standard InChI is InChI=1S/C14H20BrNOS/c15-13-5-1-2-6-14(13)18-10-11(16)7-8-12-4-3-9-17-12/h1-2,5-6,11-12H,3-4,7-10,16H2. The summed E-state index contributed by atoms with van der Waals surface area (Å²) in [6, 6.07) is 8.55. The first kappa shape index (κ1) is 14.4. The average Bonchev–Trinajstić information content (AvgIpc) is 2.88. The van der Waals surface area contributed by atoms with Crippen LogP contribution in [0.3, 0.4) is 0 Å². The molecule has 1 aromatic rings. The van der Waals surface area contributed by atoms with Crippen LogP contribution in [0.5, 0.6) is 0 Å². The third-order valence-electron chi connectivity index (χ3n) is 3.17. The Morgan fingerprint density at radius 2 is 2.28 bits per heavy atom. The smallest absolute Gasteiger partial charge is 0.0576 e. The summed E-state index contributed by atoms with van der Waals surface area (Å²) >= 11 is 5.38. The fourth-order valence-corrected chi connectivity index (χ4v) is 3.68. The van der Waals surface area contributed by atoms with Crippen molar-refractivity contribution in [3.05, 3.63) is 28.7 Å². The molecule has 4 heteroatoms. The Morgan fingerprint density at radius 3 is 3.00 bits per heavy atom. The lowest BCUT2D eigenvalue weighted by molar-refractivity contribution is 0.101. The van der Waals surface area contributed by atoms with Gasteiger partial charge in [0.1, 0.15) is 0 Å². The van der Waals surface area contributed by atoms with E-state index in [0.717, 1.165) is 29.7 Å². The van der Waals surface area contributed by atoms with E-state index in [9.17, 15) is 0 Å². The first-order chi connectivity index (χ1) is 8.75. The molecule has 1 aliphatic heterocycles. The number of hydrogen-bond acceptors (Lipinski definition) is 3. The van der Waals surface area contributed by atoms with E-state index >= 15 is 0 Å². The minimum atomic E-state index is 0.256. The quantitative estimate of drug-likeness (QED) is 0.805. The maximum absolute atomic E-state index is 6.16. The van der Waals surface area contributed by atoms with Gasteiger partial charge in [-0.3, -0.25) is 0 Å². The van der Waals surface area contributed by atoms with E-state index < -0.39 is 0 Å². The molecule has 100 valence electrons. The highest BCUT2D eigenvalue weighted by atomic mass is 79.9. The predicted octanol–water partition coefficient (Wildman–Crippen LogP) is 3.83. The van der Waals surface area contributed by atoms with Crippen LogP contribution in [0.1, 0.15) is 25.7 Å². The number of ether oxygens (including phenoxy) is 1. The summed E-state index contributed by atoms with van der Waals surface area (Å²) in [4.78, 5) is 1.27. The maximum Gasteiger partial charge on any atom is 0.0576 e. The second-order valence-electron chi connectivity index (χ2n) is 4.71.